The van der Waals surface area contributed by atoms with Crippen LogP contribution in [0.2, 0.25) is 0 Å². The van der Waals surface area contributed by atoms with Gasteiger partial charge in [-0.1, -0.05) is 0 Å². The summed E-state index contributed by atoms with van der Waals surface area (Å²) in [4.78, 5) is 7.15. The molecule has 0 radical (unpaired) electrons. The summed E-state index contributed by atoms with van der Waals surface area (Å²) in [5.74, 6) is 0. The zero-order chi connectivity index (χ0) is 13.3. The lowest BCUT2D eigenvalue weighted by Crippen LogP contribution is -2.08. The van der Waals surface area contributed by atoms with Gasteiger partial charge in [-0.2, -0.15) is 0 Å². The fourth-order valence-corrected chi connectivity index (χ4v) is 3.49. The van der Waals surface area contributed by atoms with Gasteiger partial charge in [-0.3, -0.25) is 0 Å². The second kappa shape index (κ2) is 5.41. The van der Waals surface area contributed by atoms with Crippen molar-refractivity contribution >= 4 is 33.0 Å². The lowest BCUT2D eigenvalue weighted by atomic mass is 10.1. The summed E-state index contributed by atoms with van der Waals surface area (Å²) >= 11 is 5.24. The van der Waals surface area contributed by atoms with Crippen molar-refractivity contribution in [1.29, 1.82) is 0 Å². The van der Waals surface area contributed by atoms with Crippen molar-refractivity contribution in [2.45, 2.75) is 33.7 Å². The quantitative estimate of drug-likeness (QED) is 0.803. The number of rotatable bonds is 3. The largest absolute Gasteiger partial charge is 0.377 e. The summed E-state index contributed by atoms with van der Waals surface area (Å²) in [7, 11) is 0. The maximum atomic E-state index is 4.40. The van der Waals surface area contributed by atoms with E-state index in [-0.39, 0.29) is 0 Å². The topological polar surface area (TPSA) is 24.9 Å². The van der Waals surface area contributed by atoms with E-state index in [1.54, 1.807) is 0 Å². The predicted octanol–water partition coefficient (Wildman–Crippen LogP) is 5.00. The van der Waals surface area contributed by atoms with E-state index in [0.717, 1.165) is 16.0 Å². The molecule has 1 unspecified atom stereocenters. The summed E-state index contributed by atoms with van der Waals surface area (Å²) < 4.78 is 0.876. The smallest absolute Gasteiger partial charge is 0.106 e. The van der Waals surface area contributed by atoms with Crippen LogP contribution in [0.5, 0.6) is 0 Å². The number of aryl methyl sites for hydroxylation is 3. The van der Waals surface area contributed by atoms with Gasteiger partial charge in [0.05, 0.1) is 11.4 Å². The molecule has 0 amide bonds. The molecule has 0 saturated carbocycles. The fraction of sp³-hybridized carbons (Fsp3) is 0.357. The SMILES string of the molecule is Cc1cc(C(C)Nc2ccc(Br)nc2C)c(C)s1. The van der Waals surface area contributed by atoms with E-state index in [1.165, 1.54) is 15.3 Å². The minimum atomic E-state index is 0.302. The number of nitrogens with zero attached hydrogens (tertiary/aromatic N) is 1. The van der Waals surface area contributed by atoms with Gasteiger partial charge < -0.3 is 5.32 Å². The summed E-state index contributed by atoms with van der Waals surface area (Å²) in [6.07, 6.45) is 0. The summed E-state index contributed by atoms with van der Waals surface area (Å²) in [6.45, 7) is 8.54. The average Bonchev–Trinajstić information content (AvgIpc) is 2.62. The molecule has 0 saturated heterocycles. The first-order chi connectivity index (χ1) is 8.47. The van der Waals surface area contributed by atoms with Crippen LogP contribution in [0, 0.1) is 20.8 Å². The highest BCUT2D eigenvalue weighted by Crippen LogP contribution is 2.29. The van der Waals surface area contributed by atoms with Crippen LogP contribution in [-0.2, 0) is 0 Å². The fourth-order valence-electron chi connectivity index (χ4n) is 2.07. The molecule has 0 aliphatic carbocycles. The van der Waals surface area contributed by atoms with Crippen LogP contribution in [0.25, 0.3) is 0 Å². The number of thiophene rings is 1. The standard InChI is InChI=1S/C14H17BrN2S/c1-8-7-12(11(4)18-8)9(2)16-13-5-6-14(15)17-10(13)3/h5-7,9,16H,1-4H3. The number of hydrogen-bond acceptors (Lipinski definition) is 3. The highest BCUT2D eigenvalue weighted by atomic mass is 79.9. The molecule has 0 aliphatic heterocycles. The van der Waals surface area contributed by atoms with Gasteiger partial charge in [0.1, 0.15) is 4.60 Å². The number of aromatic nitrogens is 1. The molecular weight excluding hydrogens is 308 g/mol. The molecule has 2 rings (SSSR count). The van der Waals surface area contributed by atoms with E-state index in [1.807, 2.05) is 24.3 Å². The van der Waals surface area contributed by atoms with Gasteiger partial charge in [0.15, 0.2) is 0 Å². The first kappa shape index (κ1) is 13.6. The molecule has 2 nitrogen and oxygen atoms in total. The van der Waals surface area contributed by atoms with Crippen LogP contribution >= 0.6 is 27.3 Å². The molecule has 0 aromatic carbocycles. The van der Waals surface area contributed by atoms with Crippen molar-refractivity contribution in [3.63, 3.8) is 0 Å². The Balaban J connectivity index is 2.21. The molecule has 0 spiro atoms. The van der Waals surface area contributed by atoms with E-state index in [4.69, 9.17) is 0 Å². The number of pyridine rings is 1. The van der Waals surface area contributed by atoms with Crippen LogP contribution in [0.4, 0.5) is 5.69 Å². The summed E-state index contributed by atoms with van der Waals surface area (Å²) in [5, 5.41) is 3.53. The Morgan fingerprint density at radius 2 is 2.00 bits per heavy atom. The van der Waals surface area contributed by atoms with Crippen molar-refractivity contribution in [1.82, 2.24) is 4.98 Å². The first-order valence-electron chi connectivity index (χ1n) is 5.94. The van der Waals surface area contributed by atoms with Crippen molar-refractivity contribution in [3.05, 3.63) is 43.8 Å². The van der Waals surface area contributed by atoms with Crippen molar-refractivity contribution in [3.8, 4) is 0 Å². The molecule has 2 aromatic heterocycles. The second-order valence-corrected chi connectivity index (χ2v) is 6.77. The van der Waals surface area contributed by atoms with Gasteiger partial charge in [-0.25, -0.2) is 4.98 Å². The van der Waals surface area contributed by atoms with Crippen LogP contribution in [-0.4, -0.2) is 4.98 Å². The van der Waals surface area contributed by atoms with Crippen LogP contribution in [0.1, 0.15) is 34.0 Å². The Morgan fingerprint density at radius 1 is 1.28 bits per heavy atom. The van der Waals surface area contributed by atoms with Gasteiger partial charge in [-0.05, 0) is 67.4 Å². The maximum Gasteiger partial charge on any atom is 0.106 e. The van der Waals surface area contributed by atoms with Gasteiger partial charge >= 0.3 is 0 Å². The first-order valence-corrected chi connectivity index (χ1v) is 7.55. The van der Waals surface area contributed by atoms with Crippen LogP contribution in [0.3, 0.4) is 0 Å². The second-order valence-electron chi connectivity index (χ2n) is 4.50. The molecule has 1 atom stereocenters. The van der Waals surface area contributed by atoms with Crippen molar-refractivity contribution in [2.75, 3.05) is 5.32 Å². The third-order valence-corrected chi connectivity index (χ3v) is 4.39. The number of hydrogen-bond donors (Lipinski definition) is 1. The summed E-state index contributed by atoms with van der Waals surface area (Å²) in [5.41, 5.74) is 3.48. The molecule has 96 valence electrons. The highest BCUT2D eigenvalue weighted by molar-refractivity contribution is 9.10. The highest BCUT2D eigenvalue weighted by Gasteiger charge is 2.12. The van der Waals surface area contributed by atoms with E-state index in [9.17, 15) is 0 Å². The molecule has 18 heavy (non-hydrogen) atoms. The maximum absolute atomic E-state index is 4.40. The molecule has 0 fully saturated rings. The minimum Gasteiger partial charge on any atom is -0.377 e. The van der Waals surface area contributed by atoms with Crippen LogP contribution in [0.15, 0.2) is 22.8 Å². The monoisotopic (exact) mass is 324 g/mol. The molecule has 2 aromatic rings. The molecule has 4 heteroatoms. The molecule has 2 heterocycles. The molecule has 0 bridgehead atoms. The van der Waals surface area contributed by atoms with Crippen LogP contribution < -0.4 is 5.32 Å². The Morgan fingerprint density at radius 3 is 2.56 bits per heavy atom. The van der Waals surface area contributed by atoms with E-state index in [2.05, 4.69) is 59.1 Å². The number of anilines is 1. The van der Waals surface area contributed by atoms with Crippen molar-refractivity contribution < 1.29 is 0 Å². The van der Waals surface area contributed by atoms with Crippen molar-refractivity contribution in [2.24, 2.45) is 0 Å². The molecular formula is C14H17BrN2S. The van der Waals surface area contributed by atoms with Gasteiger partial charge in [0.2, 0.25) is 0 Å². The lowest BCUT2D eigenvalue weighted by Gasteiger charge is -2.16. The Labute approximate surface area is 121 Å². The number of halogens is 1. The number of nitrogens with one attached hydrogen (secondary N) is 1. The summed E-state index contributed by atoms with van der Waals surface area (Å²) in [6, 6.07) is 6.60. The molecule has 1 N–H and O–H groups in total. The Hall–Kier alpha value is -0.870. The third kappa shape index (κ3) is 2.93. The average molecular weight is 325 g/mol. The lowest BCUT2D eigenvalue weighted by molar-refractivity contribution is 0.875. The molecule has 0 aliphatic rings. The van der Waals surface area contributed by atoms with E-state index in [0.29, 0.717) is 6.04 Å². The normalized spacial score (nSPS) is 12.5. The minimum absolute atomic E-state index is 0.302. The Bertz CT molecular complexity index is 563. The Kier molecular flexibility index (Phi) is 4.07. The van der Waals surface area contributed by atoms with E-state index >= 15 is 0 Å². The predicted molar refractivity (Wildman–Crippen MR) is 82.5 cm³/mol. The van der Waals surface area contributed by atoms with Gasteiger partial charge in [0.25, 0.3) is 0 Å². The third-order valence-electron chi connectivity index (χ3n) is 2.97. The zero-order valence-corrected chi connectivity index (χ0v) is 13.4. The zero-order valence-electron chi connectivity index (χ0n) is 11.0. The van der Waals surface area contributed by atoms with Gasteiger partial charge in [-0.15, -0.1) is 11.3 Å². The van der Waals surface area contributed by atoms with Gasteiger partial charge in [0, 0.05) is 15.8 Å². The van der Waals surface area contributed by atoms with E-state index < -0.39 is 0 Å².